The molecular weight excluding hydrogens is 274 g/mol. The fraction of sp³-hybridized carbons (Fsp3) is 0.562. The van der Waals surface area contributed by atoms with Crippen molar-refractivity contribution >= 4 is 17.5 Å². The largest absolute Gasteiger partial charge is 0.493 e. The molecule has 0 spiro atoms. The lowest BCUT2D eigenvalue weighted by atomic mass is 10.1. The van der Waals surface area contributed by atoms with Gasteiger partial charge in [-0.25, -0.2) is 0 Å². The molecule has 0 aliphatic heterocycles. The van der Waals surface area contributed by atoms with Gasteiger partial charge in [0, 0.05) is 6.54 Å². The van der Waals surface area contributed by atoms with Crippen LogP contribution in [-0.2, 0) is 11.2 Å². The fourth-order valence-electron chi connectivity index (χ4n) is 1.95. The lowest BCUT2D eigenvalue weighted by Gasteiger charge is -2.11. The minimum atomic E-state index is -0.135. The van der Waals surface area contributed by atoms with Crippen molar-refractivity contribution in [2.75, 3.05) is 19.0 Å². The van der Waals surface area contributed by atoms with Crippen molar-refractivity contribution in [1.29, 1.82) is 0 Å². The molecule has 1 rings (SSSR count). The Bertz CT molecular complexity index is 396. The van der Waals surface area contributed by atoms with E-state index in [0.717, 1.165) is 30.8 Å². The number of carbonyl (C=O) groups is 1. The van der Waals surface area contributed by atoms with E-state index >= 15 is 0 Å². The van der Waals surface area contributed by atoms with Gasteiger partial charge in [-0.2, -0.15) is 0 Å². The van der Waals surface area contributed by atoms with Crippen LogP contribution in [0.5, 0.6) is 5.75 Å². The topological polar surface area (TPSA) is 38.3 Å². The summed E-state index contributed by atoms with van der Waals surface area (Å²) >= 11 is 5.44. The van der Waals surface area contributed by atoms with Gasteiger partial charge in [0.05, 0.1) is 6.61 Å². The van der Waals surface area contributed by atoms with Crippen LogP contribution in [-0.4, -0.2) is 24.9 Å². The van der Waals surface area contributed by atoms with Crippen LogP contribution in [0.15, 0.2) is 24.3 Å². The Balaban J connectivity index is 2.36. The monoisotopic (exact) mass is 297 g/mol. The zero-order valence-electron chi connectivity index (χ0n) is 12.2. The van der Waals surface area contributed by atoms with Crippen LogP contribution in [0.1, 0.15) is 38.2 Å². The summed E-state index contributed by atoms with van der Waals surface area (Å²) < 4.78 is 5.83. The van der Waals surface area contributed by atoms with Crippen LogP contribution in [0.2, 0.25) is 0 Å². The number of rotatable bonds is 10. The quantitative estimate of drug-likeness (QED) is 0.530. The first-order valence-electron chi connectivity index (χ1n) is 7.31. The summed E-state index contributed by atoms with van der Waals surface area (Å²) in [7, 11) is 0. The number of hydrogen-bond acceptors (Lipinski definition) is 2. The summed E-state index contributed by atoms with van der Waals surface area (Å²) in [4.78, 5) is 11.1. The normalized spacial score (nSPS) is 10.3. The zero-order valence-corrected chi connectivity index (χ0v) is 12.9. The molecule has 20 heavy (non-hydrogen) atoms. The molecule has 1 amide bonds. The summed E-state index contributed by atoms with van der Waals surface area (Å²) in [6.07, 6.45) is 5.55. The maximum absolute atomic E-state index is 11.1. The third-order valence-electron chi connectivity index (χ3n) is 3.07. The molecule has 0 fully saturated rings. The van der Waals surface area contributed by atoms with Gasteiger partial charge in [-0.1, -0.05) is 44.4 Å². The van der Waals surface area contributed by atoms with Crippen LogP contribution in [0.4, 0.5) is 0 Å². The Morgan fingerprint density at radius 3 is 2.80 bits per heavy atom. The molecule has 1 aromatic carbocycles. The van der Waals surface area contributed by atoms with E-state index in [1.165, 1.54) is 19.3 Å². The van der Waals surface area contributed by atoms with E-state index in [1.807, 2.05) is 24.3 Å². The third-order valence-corrected chi connectivity index (χ3v) is 3.31. The van der Waals surface area contributed by atoms with E-state index in [2.05, 4.69) is 12.2 Å². The molecule has 0 aliphatic carbocycles. The highest BCUT2D eigenvalue weighted by Gasteiger charge is 2.04. The number of unbranched alkanes of at least 4 members (excludes halogenated alkanes) is 3. The van der Waals surface area contributed by atoms with Crippen molar-refractivity contribution in [2.45, 2.75) is 39.0 Å². The van der Waals surface area contributed by atoms with Crippen molar-refractivity contribution in [3.05, 3.63) is 29.8 Å². The predicted octanol–water partition coefficient (Wildman–Crippen LogP) is 3.54. The smallest absolute Gasteiger partial charge is 0.234 e. The minimum absolute atomic E-state index is 0.00950. The van der Waals surface area contributed by atoms with E-state index in [9.17, 15) is 4.79 Å². The van der Waals surface area contributed by atoms with E-state index in [4.69, 9.17) is 16.3 Å². The van der Waals surface area contributed by atoms with E-state index in [-0.39, 0.29) is 11.8 Å². The lowest BCUT2D eigenvalue weighted by molar-refractivity contribution is -0.118. The number of carbonyl (C=O) groups excluding carboxylic acids is 1. The molecule has 0 aromatic heterocycles. The van der Waals surface area contributed by atoms with Gasteiger partial charge in [-0.3, -0.25) is 4.79 Å². The first kappa shape index (κ1) is 16.8. The Kier molecular flexibility index (Phi) is 8.88. The molecule has 0 unspecified atom stereocenters. The maximum Gasteiger partial charge on any atom is 0.234 e. The van der Waals surface area contributed by atoms with Gasteiger partial charge in [0.1, 0.15) is 11.6 Å². The van der Waals surface area contributed by atoms with Crippen LogP contribution in [0, 0.1) is 0 Å². The number of halogens is 1. The summed E-state index contributed by atoms with van der Waals surface area (Å²) in [5, 5.41) is 2.77. The van der Waals surface area contributed by atoms with Crippen molar-refractivity contribution in [3.63, 3.8) is 0 Å². The number of benzene rings is 1. The molecule has 0 heterocycles. The molecule has 4 heteroatoms. The third kappa shape index (κ3) is 6.80. The second-order valence-electron chi connectivity index (χ2n) is 4.75. The van der Waals surface area contributed by atoms with Crippen LogP contribution < -0.4 is 10.1 Å². The molecule has 0 saturated carbocycles. The van der Waals surface area contributed by atoms with Gasteiger partial charge in [-0.15, -0.1) is 11.6 Å². The van der Waals surface area contributed by atoms with Gasteiger partial charge >= 0.3 is 0 Å². The number of alkyl halides is 1. The average Bonchev–Trinajstić information content (AvgIpc) is 2.48. The number of amides is 1. The summed E-state index contributed by atoms with van der Waals surface area (Å²) in [6, 6.07) is 7.98. The van der Waals surface area contributed by atoms with Crippen molar-refractivity contribution in [2.24, 2.45) is 0 Å². The number of hydrogen-bond donors (Lipinski definition) is 1. The van der Waals surface area contributed by atoms with Gasteiger partial charge in [-0.05, 0) is 24.5 Å². The van der Waals surface area contributed by atoms with Gasteiger partial charge in [0.15, 0.2) is 0 Å². The molecular formula is C16H24ClNO2. The number of ether oxygens (including phenoxy) is 1. The van der Waals surface area contributed by atoms with Gasteiger partial charge in [0.2, 0.25) is 5.91 Å². The minimum Gasteiger partial charge on any atom is -0.493 e. The molecule has 3 nitrogen and oxygen atoms in total. The van der Waals surface area contributed by atoms with Crippen molar-refractivity contribution in [1.82, 2.24) is 5.32 Å². The Morgan fingerprint density at radius 1 is 1.25 bits per heavy atom. The highest BCUT2D eigenvalue weighted by atomic mass is 35.5. The van der Waals surface area contributed by atoms with Gasteiger partial charge < -0.3 is 10.1 Å². The molecule has 0 aliphatic rings. The SMILES string of the molecule is CCCCCCOc1ccccc1CCNC(=O)CCl. The van der Waals surface area contributed by atoms with Crippen molar-refractivity contribution in [3.8, 4) is 5.75 Å². The summed E-state index contributed by atoms with van der Waals surface area (Å²) in [5.41, 5.74) is 1.12. The predicted molar refractivity (Wildman–Crippen MR) is 83.5 cm³/mol. The Hall–Kier alpha value is -1.22. The molecule has 112 valence electrons. The Morgan fingerprint density at radius 2 is 2.05 bits per heavy atom. The average molecular weight is 298 g/mol. The van der Waals surface area contributed by atoms with Gasteiger partial charge in [0.25, 0.3) is 0 Å². The van der Waals surface area contributed by atoms with E-state index < -0.39 is 0 Å². The zero-order chi connectivity index (χ0) is 14.6. The van der Waals surface area contributed by atoms with Crippen LogP contribution >= 0.6 is 11.6 Å². The lowest BCUT2D eigenvalue weighted by Crippen LogP contribution is -2.26. The Labute approximate surface area is 126 Å². The van der Waals surface area contributed by atoms with Crippen LogP contribution in [0.25, 0.3) is 0 Å². The fourth-order valence-corrected chi connectivity index (χ4v) is 2.04. The first-order valence-corrected chi connectivity index (χ1v) is 7.84. The first-order chi connectivity index (χ1) is 9.77. The highest BCUT2D eigenvalue weighted by Crippen LogP contribution is 2.18. The van der Waals surface area contributed by atoms with E-state index in [1.54, 1.807) is 0 Å². The second kappa shape index (κ2) is 10.6. The molecule has 1 aromatic rings. The van der Waals surface area contributed by atoms with Crippen LogP contribution in [0.3, 0.4) is 0 Å². The molecule has 0 saturated heterocycles. The summed E-state index contributed by atoms with van der Waals surface area (Å²) in [6.45, 7) is 3.54. The number of nitrogens with one attached hydrogen (secondary N) is 1. The standard InChI is InChI=1S/C16H24ClNO2/c1-2-3-4-7-12-20-15-9-6-5-8-14(15)10-11-18-16(19)13-17/h5-6,8-9H,2-4,7,10-13H2,1H3,(H,18,19). The summed E-state index contributed by atoms with van der Waals surface area (Å²) in [5.74, 6) is 0.795. The van der Waals surface area contributed by atoms with Crippen molar-refractivity contribution < 1.29 is 9.53 Å². The molecule has 0 atom stereocenters. The maximum atomic E-state index is 11.1. The molecule has 0 radical (unpaired) electrons. The highest BCUT2D eigenvalue weighted by molar-refractivity contribution is 6.27. The number of para-hydroxylation sites is 1. The molecule has 1 N–H and O–H groups in total. The molecule has 0 bridgehead atoms. The second-order valence-corrected chi connectivity index (χ2v) is 5.02. The van der Waals surface area contributed by atoms with E-state index in [0.29, 0.717) is 6.54 Å².